The van der Waals surface area contributed by atoms with Crippen LogP contribution < -0.4 is 0 Å². The smallest absolute Gasteiger partial charge is 0.124 e. The van der Waals surface area contributed by atoms with Crippen molar-refractivity contribution >= 4 is 24.3 Å². The second-order valence-electron chi connectivity index (χ2n) is 4.23. The summed E-state index contributed by atoms with van der Waals surface area (Å²) in [6.45, 7) is 7.92. The minimum Gasteiger partial charge on any atom is -0.507 e. The Kier molecular flexibility index (Phi) is 5.87. The Morgan fingerprint density at radius 2 is 1.16 bits per heavy atom. The number of rotatable bonds is 4. The first-order valence-corrected chi connectivity index (χ1v) is 6.60. The molecule has 1 heteroatoms. The molecule has 0 aliphatic heterocycles. The van der Waals surface area contributed by atoms with Crippen molar-refractivity contribution in [1.82, 2.24) is 0 Å². The number of benzene rings is 1. The van der Waals surface area contributed by atoms with Crippen LogP contribution in [0.3, 0.4) is 0 Å². The second kappa shape index (κ2) is 7.42. The lowest BCUT2D eigenvalue weighted by Crippen LogP contribution is -1.92. The summed E-state index contributed by atoms with van der Waals surface area (Å²) in [5, 5.41) is 10.2. The topological polar surface area (TPSA) is 20.2 Å². The van der Waals surface area contributed by atoms with E-state index in [0.29, 0.717) is 5.75 Å². The highest BCUT2D eigenvalue weighted by molar-refractivity contribution is 5.82. The van der Waals surface area contributed by atoms with Gasteiger partial charge in [0.15, 0.2) is 0 Å². The SMILES string of the molecule is C/C=C\c1cc(O)c(/C=C\C)c(/C=C\C)c1/C=C\C. The molecule has 0 spiro atoms. The van der Waals surface area contributed by atoms with Crippen LogP contribution in [-0.4, -0.2) is 5.11 Å². The average Bonchev–Trinajstić information content (AvgIpc) is 2.38. The highest BCUT2D eigenvalue weighted by atomic mass is 16.3. The Bertz CT molecular complexity index is 543. The zero-order chi connectivity index (χ0) is 14.3. The molecule has 0 aliphatic rings. The van der Waals surface area contributed by atoms with E-state index in [1.807, 2.05) is 76.3 Å². The number of allylic oxidation sites excluding steroid dienone is 4. The van der Waals surface area contributed by atoms with Gasteiger partial charge >= 0.3 is 0 Å². The summed E-state index contributed by atoms with van der Waals surface area (Å²) in [5.74, 6) is 0.313. The van der Waals surface area contributed by atoms with Crippen molar-refractivity contribution in [3.05, 3.63) is 52.6 Å². The van der Waals surface area contributed by atoms with Crippen molar-refractivity contribution in [2.75, 3.05) is 0 Å². The summed E-state index contributed by atoms with van der Waals surface area (Å²) in [6, 6.07) is 1.82. The monoisotopic (exact) mass is 254 g/mol. The van der Waals surface area contributed by atoms with Crippen molar-refractivity contribution in [2.45, 2.75) is 27.7 Å². The molecule has 0 fully saturated rings. The van der Waals surface area contributed by atoms with Gasteiger partial charge in [-0.3, -0.25) is 0 Å². The second-order valence-corrected chi connectivity index (χ2v) is 4.23. The predicted molar refractivity (Wildman–Crippen MR) is 86.9 cm³/mol. The average molecular weight is 254 g/mol. The van der Waals surface area contributed by atoms with E-state index in [0.717, 1.165) is 22.3 Å². The van der Waals surface area contributed by atoms with Gasteiger partial charge in [-0.25, -0.2) is 0 Å². The molecule has 100 valence electrons. The quantitative estimate of drug-likeness (QED) is 0.749. The lowest BCUT2D eigenvalue weighted by atomic mass is 9.93. The molecule has 0 bridgehead atoms. The Hall–Kier alpha value is -2.02. The standard InChI is InChI=1S/C18H22O/c1-5-9-14-13-18(19)17(12-8-4)16(11-7-3)15(14)10-6-2/h5-13,19H,1-4H3/b9-5-,10-6-,11-7-,12-8-. The van der Waals surface area contributed by atoms with Gasteiger partial charge in [0.25, 0.3) is 0 Å². The van der Waals surface area contributed by atoms with Gasteiger partial charge in [-0.05, 0) is 50.5 Å². The van der Waals surface area contributed by atoms with Crippen molar-refractivity contribution in [3.8, 4) is 5.75 Å². The summed E-state index contributed by atoms with van der Waals surface area (Å²) in [5.41, 5.74) is 4.07. The summed E-state index contributed by atoms with van der Waals surface area (Å²) < 4.78 is 0. The molecule has 1 aromatic carbocycles. The van der Waals surface area contributed by atoms with Crippen LogP contribution in [0.5, 0.6) is 5.75 Å². The molecule has 0 aromatic heterocycles. The van der Waals surface area contributed by atoms with Crippen LogP contribution in [0.4, 0.5) is 0 Å². The number of phenols is 1. The third-order valence-electron chi connectivity index (χ3n) is 2.81. The van der Waals surface area contributed by atoms with Crippen LogP contribution in [0.25, 0.3) is 24.3 Å². The zero-order valence-electron chi connectivity index (χ0n) is 12.1. The van der Waals surface area contributed by atoms with E-state index >= 15 is 0 Å². The van der Waals surface area contributed by atoms with E-state index in [-0.39, 0.29) is 0 Å². The maximum atomic E-state index is 10.2. The molecule has 1 nitrogen and oxygen atoms in total. The zero-order valence-corrected chi connectivity index (χ0v) is 12.1. The Labute approximate surface area is 116 Å². The highest BCUT2D eigenvalue weighted by Gasteiger charge is 2.11. The molecule has 0 radical (unpaired) electrons. The Morgan fingerprint density at radius 3 is 1.68 bits per heavy atom. The van der Waals surface area contributed by atoms with Gasteiger partial charge in [-0.1, -0.05) is 48.6 Å². The summed E-state index contributed by atoms with van der Waals surface area (Å²) in [4.78, 5) is 0. The van der Waals surface area contributed by atoms with Gasteiger partial charge < -0.3 is 5.11 Å². The minimum atomic E-state index is 0.313. The summed E-state index contributed by atoms with van der Waals surface area (Å²) in [7, 11) is 0. The maximum absolute atomic E-state index is 10.2. The molecule has 1 rings (SSSR count). The van der Waals surface area contributed by atoms with E-state index < -0.39 is 0 Å². The van der Waals surface area contributed by atoms with Crippen molar-refractivity contribution in [1.29, 1.82) is 0 Å². The van der Waals surface area contributed by atoms with Crippen LogP contribution in [0.1, 0.15) is 49.9 Å². The van der Waals surface area contributed by atoms with Gasteiger partial charge in [0.1, 0.15) is 5.75 Å². The maximum Gasteiger partial charge on any atom is 0.124 e. The highest BCUT2D eigenvalue weighted by Crippen LogP contribution is 2.32. The van der Waals surface area contributed by atoms with Crippen LogP contribution in [-0.2, 0) is 0 Å². The fourth-order valence-electron chi connectivity index (χ4n) is 2.10. The normalized spacial score (nSPS) is 12.6. The third kappa shape index (κ3) is 3.47. The molecule has 0 amide bonds. The van der Waals surface area contributed by atoms with Gasteiger partial charge in [0.2, 0.25) is 0 Å². The van der Waals surface area contributed by atoms with Crippen LogP contribution in [0, 0.1) is 0 Å². The fourth-order valence-corrected chi connectivity index (χ4v) is 2.10. The van der Waals surface area contributed by atoms with E-state index in [1.165, 1.54) is 0 Å². The minimum absolute atomic E-state index is 0.313. The molecule has 19 heavy (non-hydrogen) atoms. The molecule has 1 aromatic rings. The molecular weight excluding hydrogens is 232 g/mol. The summed E-state index contributed by atoms with van der Waals surface area (Å²) in [6.07, 6.45) is 16.0. The van der Waals surface area contributed by atoms with Crippen molar-refractivity contribution in [3.63, 3.8) is 0 Å². The van der Waals surface area contributed by atoms with Gasteiger partial charge in [-0.2, -0.15) is 0 Å². The van der Waals surface area contributed by atoms with Crippen LogP contribution in [0.15, 0.2) is 30.4 Å². The molecule has 0 saturated carbocycles. The number of hydrogen-bond acceptors (Lipinski definition) is 1. The molecular formula is C18H22O. The lowest BCUT2D eigenvalue weighted by molar-refractivity contribution is 0.473. The van der Waals surface area contributed by atoms with Crippen LogP contribution in [0.2, 0.25) is 0 Å². The molecule has 0 unspecified atom stereocenters. The van der Waals surface area contributed by atoms with E-state index in [4.69, 9.17) is 0 Å². The largest absolute Gasteiger partial charge is 0.507 e. The first kappa shape index (κ1) is 15.0. The molecule has 0 heterocycles. The molecule has 0 saturated heterocycles. The van der Waals surface area contributed by atoms with E-state index in [2.05, 4.69) is 6.08 Å². The van der Waals surface area contributed by atoms with Crippen molar-refractivity contribution < 1.29 is 5.11 Å². The van der Waals surface area contributed by atoms with Crippen molar-refractivity contribution in [2.24, 2.45) is 0 Å². The first-order chi connectivity index (χ1) is 9.19. The molecule has 0 aliphatic carbocycles. The predicted octanol–water partition coefficient (Wildman–Crippen LogP) is 5.52. The first-order valence-electron chi connectivity index (χ1n) is 6.60. The third-order valence-corrected chi connectivity index (χ3v) is 2.81. The number of aromatic hydroxyl groups is 1. The number of hydrogen-bond donors (Lipinski definition) is 1. The van der Waals surface area contributed by atoms with Gasteiger partial charge in [0, 0.05) is 5.56 Å². The summed E-state index contributed by atoms with van der Waals surface area (Å²) >= 11 is 0. The molecule has 1 N–H and O–H groups in total. The van der Waals surface area contributed by atoms with Gasteiger partial charge in [-0.15, -0.1) is 0 Å². The fraction of sp³-hybridized carbons (Fsp3) is 0.222. The number of phenolic OH excluding ortho intramolecular Hbond substituents is 1. The lowest BCUT2D eigenvalue weighted by Gasteiger charge is -2.13. The van der Waals surface area contributed by atoms with Crippen LogP contribution >= 0.6 is 0 Å². The molecule has 0 atom stereocenters. The Balaban J connectivity index is 3.74. The van der Waals surface area contributed by atoms with E-state index in [9.17, 15) is 5.11 Å². The van der Waals surface area contributed by atoms with E-state index in [1.54, 1.807) is 0 Å². The van der Waals surface area contributed by atoms with Gasteiger partial charge in [0.05, 0.1) is 0 Å². The Morgan fingerprint density at radius 1 is 0.684 bits per heavy atom.